The molecule has 0 unspecified atom stereocenters. The Hall–Kier alpha value is -2.09. The lowest BCUT2D eigenvalue weighted by Crippen LogP contribution is -2.59. The third-order valence-electron chi connectivity index (χ3n) is 7.34. The number of halogens is 1. The maximum atomic E-state index is 13.4. The molecule has 170 valence electrons. The van der Waals surface area contributed by atoms with Crippen LogP contribution >= 0.6 is 11.6 Å². The monoisotopic (exact) mass is 474 g/mol. The highest BCUT2D eigenvalue weighted by atomic mass is 35.5. The summed E-state index contributed by atoms with van der Waals surface area (Å²) in [4.78, 5) is 13.5. The van der Waals surface area contributed by atoms with Crippen LogP contribution in [0.1, 0.15) is 44.1 Å². The number of hydrogen-bond donors (Lipinski definition) is 3. The summed E-state index contributed by atoms with van der Waals surface area (Å²) in [5.74, 6) is 0.678. The van der Waals surface area contributed by atoms with Gasteiger partial charge in [0, 0.05) is 16.4 Å². The Morgan fingerprint density at radius 1 is 1.03 bits per heavy atom. The Balaban J connectivity index is 1.38. The van der Waals surface area contributed by atoms with E-state index in [2.05, 4.69) is 10.0 Å². The Morgan fingerprint density at radius 3 is 2.28 bits per heavy atom. The zero-order valence-electron chi connectivity index (χ0n) is 17.9. The summed E-state index contributed by atoms with van der Waals surface area (Å²) in [5.41, 5.74) is 0.133. The van der Waals surface area contributed by atoms with Gasteiger partial charge in [-0.1, -0.05) is 17.7 Å². The molecule has 6 rings (SSSR count). The van der Waals surface area contributed by atoms with Crippen molar-refractivity contribution in [3.05, 3.63) is 53.1 Å². The summed E-state index contributed by atoms with van der Waals surface area (Å²) in [6, 6.07) is 11.3. The van der Waals surface area contributed by atoms with Crippen LogP contribution in [0, 0.1) is 24.2 Å². The molecule has 0 spiro atoms. The van der Waals surface area contributed by atoms with E-state index in [4.69, 9.17) is 11.6 Å². The number of amides is 1. The number of aryl methyl sites for hydroxylation is 1. The largest absolute Gasteiger partial charge is 0.390 e. The molecular formula is C24H27ClN2O4S. The third kappa shape index (κ3) is 3.91. The van der Waals surface area contributed by atoms with Crippen molar-refractivity contribution in [3.63, 3.8) is 0 Å². The van der Waals surface area contributed by atoms with Gasteiger partial charge in [0.1, 0.15) is 0 Å². The van der Waals surface area contributed by atoms with Gasteiger partial charge in [0.05, 0.1) is 15.9 Å². The van der Waals surface area contributed by atoms with Crippen LogP contribution in [0.15, 0.2) is 47.4 Å². The van der Waals surface area contributed by atoms with E-state index in [1.165, 1.54) is 6.07 Å². The number of benzene rings is 2. The molecular weight excluding hydrogens is 448 g/mol. The zero-order chi connectivity index (χ0) is 22.7. The normalized spacial score (nSPS) is 30.8. The Bertz CT molecular complexity index is 1160. The fraction of sp³-hybridized carbons (Fsp3) is 0.458. The van der Waals surface area contributed by atoms with Crippen molar-refractivity contribution < 1.29 is 18.3 Å². The predicted molar refractivity (Wildman–Crippen MR) is 124 cm³/mol. The van der Waals surface area contributed by atoms with Crippen LogP contribution in [0.25, 0.3) is 0 Å². The fourth-order valence-corrected chi connectivity index (χ4v) is 7.90. The van der Waals surface area contributed by atoms with E-state index in [1.54, 1.807) is 43.3 Å². The molecule has 4 aliphatic carbocycles. The molecule has 0 radical (unpaired) electrons. The minimum absolute atomic E-state index is 0.106. The number of aliphatic hydroxyl groups is 1. The maximum Gasteiger partial charge on any atom is 0.262 e. The highest BCUT2D eigenvalue weighted by molar-refractivity contribution is 7.92. The molecule has 2 atom stereocenters. The fourth-order valence-electron chi connectivity index (χ4n) is 6.44. The molecule has 0 aliphatic heterocycles. The molecule has 8 heteroatoms. The lowest BCUT2D eigenvalue weighted by Gasteiger charge is -2.59. The first-order valence-corrected chi connectivity index (χ1v) is 12.8. The van der Waals surface area contributed by atoms with Crippen LogP contribution in [-0.2, 0) is 14.8 Å². The van der Waals surface area contributed by atoms with Gasteiger partial charge in [-0.25, -0.2) is 8.42 Å². The third-order valence-corrected chi connectivity index (χ3v) is 9.12. The van der Waals surface area contributed by atoms with E-state index >= 15 is 0 Å². The summed E-state index contributed by atoms with van der Waals surface area (Å²) in [6.45, 7) is 1.72. The molecule has 2 aromatic rings. The number of carbonyl (C=O) groups is 1. The average Bonchev–Trinajstić information content (AvgIpc) is 2.69. The number of hydrogen-bond acceptors (Lipinski definition) is 4. The lowest BCUT2D eigenvalue weighted by atomic mass is 9.47. The van der Waals surface area contributed by atoms with E-state index in [0.29, 0.717) is 40.2 Å². The van der Waals surface area contributed by atoms with Gasteiger partial charge in [-0.3, -0.25) is 9.52 Å². The van der Waals surface area contributed by atoms with Crippen LogP contribution in [0.5, 0.6) is 0 Å². The standard InChI is InChI=1S/C24H27ClN2O4S/c1-15-2-5-20(9-21(15)32(30,31)27-19-6-3-18(25)4-7-19)26-22(28)23-10-16-8-17(11-23)13-24(29,12-16)14-23/h2-7,9,16-17,27,29H,8,10-14H2,1H3,(H,26,28)/t16-,17-,23?,24?/m1/s1. The topological polar surface area (TPSA) is 95.5 Å². The highest BCUT2D eigenvalue weighted by Gasteiger charge is 2.60. The highest BCUT2D eigenvalue weighted by Crippen LogP contribution is 2.61. The molecule has 0 heterocycles. The van der Waals surface area contributed by atoms with Crippen molar-refractivity contribution >= 4 is 38.9 Å². The van der Waals surface area contributed by atoms with Gasteiger partial charge in [0.2, 0.25) is 5.91 Å². The molecule has 1 amide bonds. The number of rotatable bonds is 5. The second kappa shape index (κ2) is 7.47. The number of sulfonamides is 1. The minimum atomic E-state index is -3.85. The second-order valence-electron chi connectivity index (χ2n) is 10.0. The van der Waals surface area contributed by atoms with Crippen molar-refractivity contribution in [2.45, 2.75) is 55.9 Å². The summed E-state index contributed by atoms with van der Waals surface area (Å²) >= 11 is 5.88. The molecule has 4 saturated carbocycles. The van der Waals surface area contributed by atoms with E-state index in [9.17, 15) is 18.3 Å². The van der Waals surface area contributed by atoms with Crippen LogP contribution in [0.4, 0.5) is 11.4 Å². The van der Waals surface area contributed by atoms with Gasteiger partial charge in [-0.15, -0.1) is 0 Å². The van der Waals surface area contributed by atoms with Crippen molar-refractivity contribution in [2.24, 2.45) is 17.3 Å². The van der Waals surface area contributed by atoms with Crippen LogP contribution in [0.2, 0.25) is 5.02 Å². The Kier molecular flexibility index (Phi) is 5.07. The number of anilines is 2. The molecule has 4 fully saturated rings. The summed E-state index contributed by atoms with van der Waals surface area (Å²) in [6.07, 6.45) is 4.78. The molecule has 3 N–H and O–H groups in total. The quantitative estimate of drug-likeness (QED) is 0.584. The molecule has 2 aromatic carbocycles. The van der Waals surface area contributed by atoms with Crippen LogP contribution < -0.4 is 10.0 Å². The smallest absolute Gasteiger partial charge is 0.262 e. The predicted octanol–water partition coefficient (Wildman–Crippen LogP) is 4.72. The summed E-state index contributed by atoms with van der Waals surface area (Å²) in [7, 11) is -3.85. The molecule has 0 saturated heterocycles. The Morgan fingerprint density at radius 2 is 1.66 bits per heavy atom. The van der Waals surface area contributed by atoms with E-state index in [1.807, 2.05) is 0 Å². The summed E-state index contributed by atoms with van der Waals surface area (Å²) < 4.78 is 28.6. The average molecular weight is 475 g/mol. The summed E-state index contributed by atoms with van der Waals surface area (Å²) in [5, 5.41) is 14.4. The van der Waals surface area contributed by atoms with Gasteiger partial charge < -0.3 is 10.4 Å². The SMILES string of the molecule is Cc1ccc(NC(=O)C23C[C@H]4C[C@@H](CC(O)(C4)C2)C3)cc1S(=O)(=O)Nc1ccc(Cl)cc1. The molecule has 32 heavy (non-hydrogen) atoms. The van der Waals surface area contributed by atoms with Crippen LogP contribution in [0.3, 0.4) is 0 Å². The first-order chi connectivity index (χ1) is 15.1. The maximum absolute atomic E-state index is 13.4. The zero-order valence-corrected chi connectivity index (χ0v) is 19.5. The first kappa shape index (κ1) is 21.7. The van der Waals surface area contributed by atoms with E-state index in [-0.39, 0.29) is 10.8 Å². The van der Waals surface area contributed by atoms with Gasteiger partial charge in [0.25, 0.3) is 10.0 Å². The van der Waals surface area contributed by atoms with Crippen molar-refractivity contribution in [1.82, 2.24) is 0 Å². The molecule has 0 aromatic heterocycles. The van der Waals surface area contributed by atoms with E-state index in [0.717, 1.165) is 32.1 Å². The number of nitrogens with one attached hydrogen (secondary N) is 2. The van der Waals surface area contributed by atoms with Crippen molar-refractivity contribution in [3.8, 4) is 0 Å². The van der Waals surface area contributed by atoms with Gasteiger partial charge in [-0.2, -0.15) is 0 Å². The Labute approximate surface area is 193 Å². The minimum Gasteiger partial charge on any atom is -0.390 e. The van der Waals surface area contributed by atoms with Crippen molar-refractivity contribution in [1.29, 1.82) is 0 Å². The lowest BCUT2D eigenvalue weighted by molar-refractivity contribution is -0.174. The number of carbonyl (C=O) groups excluding carboxylic acids is 1. The van der Waals surface area contributed by atoms with Crippen molar-refractivity contribution in [2.75, 3.05) is 10.0 Å². The van der Waals surface area contributed by atoms with Gasteiger partial charge in [0.15, 0.2) is 0 Å². The van der Waals surface area contributed by atoms with E-state index < -0.39 is 21.0 Å². The first-order valence-electron chi connectivity index (χ1n) is 11.0. The van der Waals surface area contributed by atoms with Gasteiger partial charge in [-0.05, 0) is 99.2 Å². The molecule has 6 nitrogen and oxygen atoms in total. The van der Waals surface area contributed by atoms with Gasteiger partial charge >= 0.3 is 0 Å². The molecule has 4 bridgehead atoms. The van der Waals surface area contributed by atoms with Crippen LogP contribution in [-0.4, -0.2) is 25.0 Å². The second-order valence-corrected chi connectivity index (χ2v) is 12.1. The molecule has 4 aliphatic rings.